The monoisotopic (exact) mass is 577 g/mol. The molecule has 0 saturated heterocycles. The average Bonchev–Trinajstić information content (AvgIpc) is 2.97. The van der Waals surface area contributed by atoms with Crippen molar-refractivity contribution in [3.63, 3.8) is 0 Å². The molecule has 0 aliphatic carbocycles. The molecule has 0 aliphatic rings. The van der Waals surface area contributed by atoms with Gasteiger partial charge >= 0.3 is 12.1 Å². The second-order valence-electron chi connectivity index (χ2n) is 8.99. The number of amides is 1. The highest BCUT2D eigenvalue weighted by atomic mass is 19.4. The van der Waals surface area contributed by atoms with Gasteiger partial charge in [0.25, 0.3) is 11.7 Å². The number of anilines is 1. The molecule has 0 fully saturated rings. The van der Waals surface area contributed by atoms with Crippen LogP contribution in [0, 0.1) is 0 Å². The van der Waals surface area contributed by atoms with Crippen molar-refractivity contribution >= 4 is 39.3 Å². The quantitative estimate of drug-likeness (QED) is 0.199. The van der Waals surface area contributed by atoms with Crippen LogP contribution in [0.4, 0.5) is 18.9 Å². The molecule has 1 aromatic heterocycles. The molecule has 0 unspecified atom stereocenters. The Morgan fingerprint density at radius 2 is 1.60 bits per heavy atom. The van der Waals surface area contributed by atoms with Gasteiger partial charge in [-0.1, -0.05) is 30.3 Å². The molecule has 214 valence electrons. The minimum absolute atomic E-state index is 0.00483. The maximum Gasteiger partial charge on any atom is 0.453 e. The number of esters is 1. The Balaban J connectivity index is 1.34. The first-order valence-corrected chi connectivity index (χ1v) is 12.7. The third-order valence-electron chi connectivity index (χ3n) is 6.07. The Hall–Kier alpha value is -5.32. The van der Waals surface area contributed by atoms with Crippen molar-refractivity contribution in [1.29, 1.82) is 0 Å². The molecule has 1 N–H and O–H groups in total. The van der Waals surface area contributed by atoms with Crippen molar-refractivity contribution in [1.82, 2.24) is 0 Å². The predicted molar refractivity (Wildman–Crippen MR) is 148 cm³/mol. The van der Waals surface area contributed by atoms with Crippen LogP contribution in [0.3, 0.4) is 0 Å². The summed E-state index contributed by atoms with van der Waals surface area (Å²) in [5.74, 6) is -3.64. The first kappa shape index (κ1) is 28.2. The minimum Gasteiger partial charge on any atom is -0.484 e. The van der Waals surface area contributed by atoms with Gasteiger partial charge in [-0.15, -0.1) is 0 Å². The molecule has 1 amide bonds. The van der Waals surface area contributed by atoms with E-state index in [9.17, 15) is 27.6 Å². The van der Waals surface area contributed by atoms with Crippen molar-refractivity contribution in [2.75, 3.05) is 18.5 Å². The lowest BCUT2D eigenvalue weighted by Crippen LogP contribution is -2.20. The van der Waals surface area contributed by atoms with E-state index in [1.807, 2.05) is 12.1 Å². The normalized spacial score (nSPS) is 11.3. The van der Waals surface area contributed by atoms with Crippen LogP contribution in [0.5, 0.6) is 17.2 Å². The van der Waals surface area contributed by atoms with Crippen LogP contribution in [-0.2, 0) is 15.7 Å². The van der Waals surface area contributed by atoms with E-state index in [2.05, 4.69) is 5.32 Å². The number of rotatable bonds is 8. The molecule has 0 atom stereocenters. The standard InChI is InChI=1S/C31H22F3NO7/c1-2-39-30(38)19-7-10-21(11-8-19)35-26(36)17-40-22-13-14-24-25(16-22)42-29(31(32,33)34)28(27(24)37)41-23-12-9-18-5-3-4-6-20(18)15-23/h3-16H,2,17H2,1H3,(H,35,36). The largest absolute Gasteiger partial charge is 0.484 e. The fourth-order valence-electron chi connectivity index (χ4n) is 4.12. The number of ether oxygens (including phenoxy) is 3. The Morgan fingerprint density at radius 1 is 0.881 bits per heavy atom. The van der Waals surface area contributed by atoms with E-state index in [-0.39, 0.29) is 23.5 Å². The molecule has 11 heteroatoms. The highest BCUT2D eigenvalue weighted by molar-refractivity contribution is 5.94. The number of carbonyl (C=O) groups is 2. The lowest BCUT2D eigenvalue weighted by Gasteiger charge is -2.14. The van der Waals surface area contributed by atoms with Crippen LogP contribution in [0.1, 0.15) is 23.0 Å². The highest BCUT2D eigenvalue weighted by Gasteiger charge is 2.40. The maximum absolute atomic E-state index is 14.0. The van der Waals surface area contributed by atoms with Crippen molar-refractivity contribution in [3.05, 3.63) is 106 Å². The summed E-state index contributed by atoms with van der Waals surface area (Å²) in [5, 5.41) is 3.97. The first-order valence-electron chi connectivity index (χ1n) is 12.7. The van der Waals surface area contributed by atoms with Crippen LogP contribution in [0.25, 0.3) is 21.7 Å². The van der Waals surface area contributed by atoms with Crippen molar-refractivity contribution in [2.24, 2.45) is 0 Å². The van der Waals surface area contributed by atoms with Crippen molar-refractivity contribution in [2.45, 2.75) is 13.1 Å². The van der Waals surface area contributed by atoms with Crippen LogP contribution in [0.15, 0.2) is 94.1 Å². The van der Waals surface area contributed by atoms with E-state index in [4.69, 9.17) is 18.6 Å². The number of benzene rings is 4. The SMILES string of the molecule is CCOC(=O)c1ccc(NC(=O)COc2ccc3c(=O)c(Oc4ccc5ccccc5c4)c(C(F)(F)F)oc3c2)cc1. The summed E-state index contributed by atoms with van der Waals surface area (Å²) in [6.07, 6.45) is -5.04. The summed E-state index contributed by atoms with van der Waals surface area (Å²) < 4.78 is 62.8. The van der Waals surface area contributed by atoms with Crippen LogP contribution >= 0.6 is 0 Å². The van der Waals surface area contributed by atoms with Gasteiger partial charge in [-0.25, -0.2) is 4.79 Å². The van der Waals surface area contributed by atoms with E-state index in [0.717, 1.165) is 11.5 Å². The van der Waals surface area contributed by atoms with Gasteiger partial charge in [0, 0.05) is 11.8 Å². The molecule has 42 heavy (non-hydrogen) atoms. The molecule has 4 aromatic carbocycles. The zero-order chi connectivity index (χ0) is 29.9. The van der Waals surface area contributed by atoms with Gasteiger partial charge < -0.3 is 23.9 Å². The minimum atomic E-state index is -5.04. The maximum atomic E-state index is 14.0. The first-order chi connectivity index (χ1) is 20.1. The number of halogens is 3. The average molecular weight is 578 g/mol. The number of hydrogen-bond acceptors (Lipinski definition) is 7. The molecule has 0 spiro atoms. The lowest BCUT2D eigenvalue weighted by molar-refractivity contribution is -0.154. The third-order valence-corrected chi connectivity index (χ3v) is 6.07. The third kappa shape index (κ3) is 6.20. The second-order valence-corrected chi connectivity index (χ2v) is 8.99. The fraction of sp³-hybridized carbons (Fsp3) is 0.129. The number of hydrogen-bond donors (Lipinski definition) is 1. The van der Waals surface area contributed by atoms with E-state index >= 15 is 0 Å². The van der Waals surface area contributed by atoms with E-state index in [1.54, 1.807) is 25.1 Å². The zero-order valence-electron chi connectivity index (χ0n) is 22.0. The molecule has 5 aromatic rings. The topological polar surface area (TPSA) is 104 Å². The van der Waals surface area contributed by atoms with Crippen LogP contribution in [0.2, 0.25) is 0 Å². The van der Waals surface area contributed by atoms with E-state index < -0.39 is 47.2 Å². The molecule has 0 saturated carbocycles. The van der Waals surface area contributed by atoms with Crippen molar-refractivity contribution < 1.29 is 41.4 Å². The summed E-state index contributed by atoms with van der Waals surface area (Å²) >= 11 is 0. The Kier molecular flexibility index (Phi) is 7.83. The molecule has 0 bridgehead atoms. The van der Waals surface area contributed by atoms with Crippen LogP contribution < -0.4 is 20.2 Å². The molecule has 8 nitrogen and oxygen atoms in total. The molecular formula is C31H22F3NO7. The Bertz CT molecular complexity index is 1850. The highest BCUT2D eigenvalue weighted by Crippen LogP contribution is 2.39. The smallest absolute Gasteiger partial charge is 0.453 e. The summed E-state index contributed by atoms with van der Waals surface area (Å²) in [6.45, 7) is 1.42. The lowest BCUT2D eigenvalue weighted by atomic mass is 10.1. The van der Waals surface area contributed by atoms with Gasteiger partial charge in [0.1, 0.15) is 17.1 Å². The summed E-state index contributed by atoms with van der Waals surface area (Å²) in [7, 11) is 0. The second kappa shape index (κ2) is 11.7. The van der Waals surface area contributed by atoms with Crippen molar-refractivity contribution in [3.8, 4) is 17.2 Å². The van der Waals surface area contributed by atoms with E-state index in [1.165, 1.54) is 48.5 Å². The Labute approximate surface area is 236 Å². The molecule has 1 heterocycles. The van der Waals surface area contributed by atoms with E-state index in [0.29, 0.717) is 16.6 Å². The van der Waals surface area contributed by atoms with Crippen LogP contribution in [-0.4, -0.2) is 25.1 Å². The summed E-state index contributed by atoms with van der Waals surface area (Å²) in [6, 6.07) is 21.5. The molecule has 5 rings (SSSR count). The number of carbonyl (C=O) groups excluding carboxylic acids is 2. The van der Waals surface area contributed by atoms with Gasteiger partial charge in [0.05, 0.1) is 17.6 Å². The van der Waals surface area contributed by atoms with Gasteiger partial charge in [-0.05, 0) is 66.2 Å². The number of fused-ring (bicyclic) bond motifs is 2. The molecule has 0 radical (unpaired) electrons. The van der Waals surface area contributed by atoms with Gasteiger partial charge in [-0.2, -0.15) is 13.2 Å². The fourth-order valence-corrected chi connectivity index (χ4v) is 4.12. The summed E-state index contributed by atoms with van der Waals surface area (Å²) in [4.78, 5) is 37.2. The van der Waals surface area contributed by atoms with Gasteiger partial charge in [-0.3, -0.25) is 9.59 Å². The number of nitrogens with one attached hydrogen (secondary N) is 1. The zero-order valence-corrected chi connectivity index (χ0v) is 22.0. The number of alkyl halides is 3. The molecule has 0 aliphatic heterocycles. The van der Waals surface area contributed by atoms with Gasteiger partial charge in [0.15, 0.2) is 6.61 Å². The predicted octanol–water partition coefficient (Wildman–Crippen LogP) is 6.95. The molecular weight excluding hydrogens is 555 g/mol. The van der Waals surface area contributed by atoms with Gasteiger partial charge in [0.2, 0.25) is 11.2 Å². The Morgan fingerprint density at radius 3 is 2.31 bits per heavy atom. The summed E-state index contributed by atoms with van der Waals surface area (Å²) in [5.41, 5.74) is -0.722.